The highest BCUT2D eigenvalue weighted by atomic mass is 16.3. The highest BCUT2D eigenvalue weighted by Crippen LogP contribution is 2.29. The van der Waals surface area contributed by atoms with Crippen molar-refractivity contribution in [3.63, 3.8) is 0 Å². The molecule has 3 nitrogen and oxygen atoms in total. The summed E-state index contributed by atoms with van der Waals surface area (Å²) in [6.07, 6.45) is 2.26. The van der Waals surface area contributed by atoms with E-state index < -0.39 is 0 Å². The molecule has 1 saturated heterocycles. The van der Waals surface area contributed by atoms with Gasteiger partial charge in [0, 0.05) is 5.92 Å². The van der Waals surface area contributed by atoms with Gasteiger partial charge in [-0.3, -0.25) is 0 Å². The van der Waals surface area contributed by atoms with Crippen molar-refractivity contribution in [3.05, 3.63) is 29.7 Å². The van der Waals surface area contributed by atoms with E-state index in [1.165, 1.54) is 5.56 Å². The topological polar surface area (TPSA) is 38.1 Å². The Bertz CT molecular complexity index is 538. The first-order chi connectivity index (χ1) is 8.74. The Labute approximate surface area is 108 Å². The lowest BCUT2D eigenvalue weighted by Gasteiger charge is -2.19. The molecule has 0 bridgehead atoms. The first kappa shape index (κ1) is 11.7. The molecule has 3 rings (SSSR count). The average Bonchev–Trinajstić information content (AvgIpc) is 2.82. The minimum atomic E-state index is 0.487. The lowest BCUT2D eigenvalue weighted by molar-refractivity contribution is 0.385. The van der Waals surface area contributed by atoms with Gasteiger partial charge in [-0.1, -0.05) is 19.9 Å². The van der Waals surface area contributed by atoms with Gasteiger partial charge >= 0.3 is 0 Å². The molecule has 0 amide bonds. The molecule has 0 atom stereocenters. The summed E-state index contributed by atoms with van der Waals surface area (Å²) < 4.78 is 5.90. The average molecular weight is 244 g/mol. The predicted molar refractivity (Wildman–Crippen MR) is 72.9 cm³/mol. The maximum Gasteiger partial charge on any atom is 0.198 e. The van der Waals surface area contributed by atoms with E-state index in [1.54, 1.807) is 0 Å². The maximum atomic E-state index is 5.90. The number of aromatic nitrogens is 1. The minimum absolute atomic E-state index is 0.487. The fraction of sp³-hybridized carbons (Fsp3) is 0.533. The summed E-state index contributed by atoms with van der Waals surface area (Å²) in [4.78, 5) is 4.68. The van der Waals surface area contributed by atoms with Crippen molar-refractivity contribution in [2.24, 2.45) is 0 Å². The van der Waals surface area contributed by atoms with Gasteiger partial charge in [0.1, 0.15) is 5.52 Å². The van der Waals surface area contributed by atoms with Gasteiger partial charge in [0.05, 0.1) is 0 Å². The molecule has 2 aromatic rings. The van der Waals surface area contributed by atoms with E-state index in [4.69, 9.17) is 4.42 Å². The van der Waals surface area contributed by atoms with Crippen LogP contribution in [0.4, 0.5) is 0 Å². The lowest BCUT2D eigenvalue weighted by atomic mass is 9.98. The molecule has 96 valence electrons. The Hall–Kier alpha value is -1.35. The number of hydrogen-bond donors (Lipinski definition) is 1. The smallest absolute Gasteiger partial charge is 0.198 e. The Morgan fingerprint density at radius 3 is 2.78 bits per heavy atom. The minimum Gasteiger partial charge on any atom is -0.440 e. The Kier molecular flexibility index (Phi) is 3.08. The summed E-state index contributed by atoms with van der Waals surface area (Å²) in [7, 11) is 0. The van der Waals surface area contributed by atoms with E-state index in [2.05, 4.69) is 42.3 Å². The van der Waals surface area contributed by atoms with Crippen LogP contribution in [0.2, 0.25) is 0 Å². The third-order valence-electron chi connectivity index (χ3n) is 3.78. The summed E-state index contributed by atoms with van der Waals surface area (Å²) in [5, 5.41) is 3.37. The van der Waals surface area contributed by atoms with Gasteiger partial charge < -0.3 is 9.73 Å². The zero-order chi connectivity index (χ0) is 12.5. The Morgan fingerprint density at radius 1 is 1.28 bits per heavy atom. The van der Waals surface area contributed by atoms with Crippen LogP contribution in [0.15, 0.2) is 22.6 Å². The highest BCUT2D eigenvalue weighted by molar-refractivity contribution is 5.73. The fourth-order valence-corrected chi connectivity index (χ4v) is 2.56. The molecule has 1 aliphatic heterocycles. The summed E-state index contributed by atoms with van der Waals surface area (Å²) in [6, 6.07) is 6.36. The number of oxazole rings is 1. The molecular weight excluding hydrogens is 224 g/mol. The van der Waals surface area contributed by atoms with Crippen LogP contribution in [-0.4, -0.2) is 18.1 Å². The van der Waals surface area contributed by atoms with E-state index in [0.29, 0.717) is 11.8 Å². The maximum absolute atomic E-state index is 5.90. The zero-order valence-corrected chi connectivity index (χ0v) is 11.1. The first-order valence-corrected chi connectivity index (χ1v) is 6.85. The number of nitrogens with one attached hydrogen (secondary N) is 1. The molecule has 1 aromatic heterocycles. The molecule has 0 spiro atoms. The zero-order valence-electron chi connectivity index (χ0n) is 11.1. The monoisotopic (exact) mass is 244 g/mol. The summed E-state index contributed by atoms with van der Waals surface area (Å²) in [6.45, 7) is 6.55. The van der Waals surface area contributed by atoms with Gasteiger partial charge in [0.15, 0.2) is 11.5 Å². The standard InChI is InChI=1S/C15H20N2O/c1-10(2)12-3-4-14-13(9-12)17-15(18-14)11-5-7-16-8-6-11/h3-4,9-11,16H,5-8H2,1-2H3. The van der Waals surface area contributed by atoms with Crippen LogP contribution in [0.3, 0.4) is 0 Å². The molecule has 1 aromatic carbocycles. The number of rotatable bonds is 2. The molecule has 3 heteroatoms. The molecule has 0 radical (unpaired) electrons. The summed E-state index contributed by atoms with van der Waals surface area (Å²) >= 11 is 0. The molecule has 2 heterocycles. The number of hydrogen-bond acceptors (Lipinski definition) is 3. The van der Waals surface area contributed by atoms with Crippen molar-refractivity contribution in [2.45, 2.75) is 38.5 Å². The van der Waals surface area contributed by atoms with Crippen molar-refractivity contribution in [2.75, 3.05) is 13.1 Å². The third-order valence-corrected chi connectivity index (χ3v) is 3.78. The third kappa shape index (κ3) is 2.15. The number of fused-ring (bicyclic) bond motifs is 1. The second-order valence-corrected chi connectivity index (χ2v) is 5.46. The van der Waals surface area contributed by atoms with E-state index >= 15 is 0 Å². The van der Waals surface area contributed by atoms with Crippen molar-refractivity contribution >= 4 is 11.1 Å². The number of benzene rings is 1. The normalized spacial score (nSPS) is 17.7. The van der Waals surface area contributed by atoms with Crippen molar-refractivity contribution in [1.82, 2.24) is 10.3 Å². The number of piperidine rings is 1. The Balaban J connectivity index is 1.94. The van der Waals surface area contributed by atoms with Crippen LogP contribution < -0.4 is 5.32 Å². The van der Waals surface area contributed by atoms with E-state index in [9.17, 15) is 0 Å². The van der Waals surface area contributed by atoms with Gasteiger partial charge in [-0.05, 0) is 49.5 Å². The van der Waals surface area contributed by atoms with Crippen LogP contribution in [0.1, 0.15) is 50.0 Å². The summed E-state index contributed by atoms with van der Waals surface area (Å²) in [5.74, 6) is 1.95. The molecule has 0 saturated carbocycles. The van der Waals surface area contributed by atoms with E-state index in [-0.39, 0.29) is 0 Å². The van der Waals surface area contributed by atoms with Crippen molar-refractivity contribution in [1.29, 1.82) is 0 Å². The van der Waals surface area contributed by atoms with Gasteiger partial charge in [0.25, 0.3) is 0 Å². The highest BCUT2D eigenvalue weighted by Gasteiger charge is 2.20. The SMILES string of the molecule is CC(C)c1ccc2oc(C3CCNCC3)nc2c1. The van der Waals surface area contributed by atoms with Gasteiger partial charge in [-0.25, -0.2) is 4.98 Å². The fourth-order valence-electron chi connectivity index (χ4n) is 2.56. The van der Waals surface area contributed by atoms with E-state index in [1.807, 2.05) is 0 Å². The molecule has 1 aliphatic rings. The molecule has 1 fully saturated rings. The van der Waals surface area contributed by atoms with Crippen molar-refractivity contribution in [3.8, 4) is 0 Å². The van der Waals surface area contributed by atoms with Gasteiger partial charge in [-0.2, -0.15) is 0 Å². The van der Waals surface area contributed by atoms with Crippen molar-refractivity contribution < 1.29 is 4.42 Å². The predicted octanol–water partition coefficient (Wildman–Crippen LogP) is 3.42. The van der Waals surface area contributed by atoms with Crippen LogP contribution in [0, 0.1) is 0 Å². The van der Waals surface area contributed by atoms with E-state index in [0.717, 1.165) is 42.9 Å². The largest absolute Gasteiger partial charge is 0.440 e. The quantitative estimate of drug-likeness (QED) is 0.879. The summed E-state index contributed by atoms with van der Waals surface area (Å²) in [5.41, 5.74) is 3.26. The van der Waals surface area contributed by atoms with Gasteiger partial charge in [0.2, 0.25) is 0 Å². The second kappa shape index (κ2) is 4.73. The van der Waals surface area contributed by atoms with Crippen LogP contribution in [-0.2, 0) is 0 Å². The molecule has 0 aliphatic carbocycles. The lowest BCUT2D eigenvalue weighted by Crippen LogP contribution is -2.26. The number of nitrogens with zero attached hydrogens (tertiary/aromatic N) is 1. The Morgan fingerprint density at radius 2 is 2.06 bits per heavy atom. The molecule has 0 unspecified atom stereocenters. The molecular formula is C15H20N2O. The van der Waals surface area contributed by atoms with Crippen LogP contribution in [0.5, 0.6) is 0 Å². The van der Waals surface area contributed by atoms with Crippen LogP contribution >= 0.6 is 0 Å². The second-order valence-electron chi connectivity index (χ2n) is 5.46. The molecule has 18 heavy (non-hydrogen) atoms. The molecule has 1 N–H and O–H groups in total. The van der Waals surface area contributed by atoms with Crippen LogP contribution in [0.25, 0.3) is 11.1 Å². The van der Waals surface area contributed by atoms with Gasteiger partial charge in [-0.15, -0.1) is 0 Å². The first-order valence-electron chi connectivity index (χ1n) is 6.85.